The summed E-state index contributed by atoms with van der Waals surface area (Å²) in [6.07, 6.45) is 8.09. The fourth-order valence-corrected chi connectivity index (χ4v) is 3.56. The van der Waals surface area contributed by atoms with E-state index in [1.807, 2.05) is 48.5 Å². The zero-order valence-corrected chi connectivity index (χ0v) is 16.3. The number of carbonyl (C=O) groups excluding carboxylic acids is 1. The average molecular weight is 384 g/mol. The Morgan fingerprint density at radius 2 is 1.83 bits per heavy atom. The molecule has 0 saturated carbocycles. The maximum Gasteiger partial charge on any atom is 0.244 e. The van der Waals surface area contributed by atoms with Crippen LogP contribution in [0.25, 0.3) is 6.08 Å². The number of benzene rings is 2. The molecule has 1 heterocycles. The Kier molecular flexibility index (Phi) is 6.01. The summed E-state index contributed by atoms with van der Waals surface area (Å²) in [5.41, 5.74) is 4.59. The molecule has 4 heteroatoms. The predicted molar refractivity (Wildman–Crippen MR) is 114 cm³/mol. The summed E-state index contributed by atoms with van der Waals surface area (Å²) in [6.45, 7) is 0.433. The third kappa shape index (κ3) is 5.32. The number of nitrogens with zero attached hydrogens (tertiary/aromatic N) is 1. The number of aromatic nitrogens is 1. The monoisotopic (exact) mass is 384 g/mol. The molecule has 0 bridgehead atoms. The molecule has 1 aliphatic rings. The van der Waals surface area contributed by atoms with Gasteiger partial charge in [-0.1, -0.05) is 42.5 Å². The summed E-state index contributed by atoms with van der Waals surface area (Å²) in [5.74, 6) is 0.725. The highest BCUT2D eigenvalue weighted by molar-refractivity contribution is 5.91. The van der Waals surface area contributed by atoms with Gasteiger partial charge in [-0.25, -0.2) is 0 Å². The largest absolute Gasteiger partial charge is 0.487 e. The lowest BCUT2D eigenvalue weighted by atomic mass is 9.88. The van der Waals surface area contributed by atoms with Crippen LogP contribution in [0, 0.1) is 0 Å². The molecule has 146 valence electrons. The van der Waals surface area contributed by atoms with Gasteiger partial charge in [-0.3, -0.25) is 9.78 Å². The molecular weight excluding hydrogens is 360 g/mol. The van der Waals surface area contributed by atoms with Crippen molar-refractivity contribution in [3.63, 3.8) is 0 Å². The molecule has 1 atom stereocenters. The van der Waals surface area contributed by atoms with Crippen LogP contribution in [0.5, 0.6) is 5.75 Å². The molecule has 0 radical (unpaired) electrons. The summed E-state index contributed by atoms with van der Waals surface area (Å²) in [4.78, 5) is 16.5. The Labute approximate surface area is 171 Å². The SMILES string of the molecule is O=C(/C=C/c1ccc(OCc2ccccn2)cc1)NC1CCc2ccccc2C1. The molecule has 1 N–H and O–H groups in total. The third-order valence-electron chi connectivity index (χ3n) is 5.11. The van der Waals surface area contributed by atoms with Crippen LogP contribution in [-0.2, 0) is 24.2 Å². The fourth-order valence-electron chi connectivity index (χ4n) is 3.56. The predicted octanol–water partition coefficient (Wildman–Crippen LogP) is 4.35. The number of nitrogens with one attached hydrogen (secondary N) is 1. The van der Waals surface area contributed by atoms with E-state index in [0.29, 0.717) is 6.61 Å². The molecule has 2 aromatic carbocycles. The van der Waals surface area contributed by atoms with Crippen LogP contribution in [0.3, 0.4) is 0 Å². The molecule has 0 fully saturated rings. The Balaban J connectivity index is 1.27. The second-order valence-electron chi connectivity index (χ2n) is 7.23. The van der Waals surface area contributed by atoms with E-state index in [1.54, 1.807) is 12.3 Å². The Morgan fingerprint density at radius 3 is 2.62 bits per heavy atom. The molecule has 4 nitrogen and oxygen atoms in total. The van der Waals surface area contributed by atoms with Crippen LogP contribution in [0.2, 0.25) is 0 Å². The number of hydrogen-bond acceptors (Lipinski definition) is 3. The van der Waals surface area contributed by atoms with E-state index in [2.05, 4.69) is 34.6 Å². The van der Waals surface area contributed by atoms with Gasteiger partial charge in [0.2, 0.25) is 5.91 Å². The lowest BCUT2D eigenvalue weighted by Gasteiger charge is -2.24. The van der Waals surface area contributed by atoms with Crippen molar-refractivity contribution in [2.45, 2.75) is 31.9 Å². The summed E-state index contributed by atoms with van der Waals surface area (Å²) in [5, 5.41) is 3.12. The smallest absolute Gasteiger partial charge is 0.244 e. The number of hydrogen-bond donors (Lipinski definition) is 1. The second-order valence-corrected chi connectivity index (χ2v) is 7.23. The quantitative estimate of drug-likeness (QED) is 0.643. The first kappa shape index (κ1) is 18.9. The van der Waals surface area contributed by atoms with Crippen LogP contribution in [-0.4, -0.2) is 16.9 Å². The van der Waals surface area contributed by atoms with Crippen LogP contribution >= 0.6 is 0 Å². The summed E-state index contributed by atoms with van der Waals surface area (Å²) in [6, 6.07) is 22.1. The van der Waals surface area contributed by atoms with Gasteiger partial charge in [-0.2, -0.15) is 0 Å². The van der Waals surface area contributed by atoms with E-state index in [9.17, 15) is 4.79 Å². The molecule has 0 saturated heterocycles. The molecule has 4 rings (SSSR count). The van der Waals surface area contributed by atoms with Crippen LogP contribution in [0.4, 0.5) is 0 Å². The van der Waals surface area contributed by atoms with Gasteiger partial charge in [0.25, 0.3) is 0 Å². The van der Waals surface area contributed by atoms with E-state index < -0.39 is 0 Å². The highest BCUT2D eigenvalue weighted by Crippen LogP contribution is 2.21. The molecule has 29 heavy (non-hydrogen) atoms. The number of carbonyl (C=O) groups is 1. The van der Waals surface area contributed by atoms with E-state index >= 15 is 0 Å². The van der Waals surface area contributed by atoms with E-state index in [0.717, 1.165) is 36.3 Å². The zero-order valence-electron chi connectivity index (χ0n) is 16.3. The lowest BCUT2D eigenvalue weighted by Crippen LogP contribution is -2.37. The molecule has 0 spiro atoms. The zero-order chi connectivity index (χ0) is 19.9. The van der Waals surface area contributed by atoms with E-state index in [-0.39, 0.29) is 11.9 Å². The van der Waals surface area contributed by atoms with E-state index in [1.165, 1.54) is 11.1 Å². The highest BCUT2D eigenvalue weighted by Gasteiger charge is 2.18. The minimum absolute atomic E-state index is 0.0511. The standard InChI is InChI=1S/C25H24N2O2/c28-25(27-22-12-11-20-5-1-2-6-21(20)17-22)15-10-19-8-13-24(14-9-19)29-18-23-7-3-4-16-26-23/h1-10,13-16,22H,11-12,17-18H2,(H,27,28)/b15-10+. The van der Waals surface area contributed by atoms with Gasteiger partial charge < -0.3 is 10.1 Å². The molecule has 3 aromatic rings. The maximum atomic E-state index is 12.3. The number of rotatable bonds is 6. The number of amides is 1. The number of fused-ring (bicyclic) bond motifs is 1. The normalized spacial score (nSPS) is 15.7. The summed E-state index contributed by atoms with van der Waals surface area (Å²) in [7, 11) is 0. The molecule has 0 aliphatic heterocycles. The van der Waals surface area contributed by atoms with Gasteiger partial charge in [0.1, 0.15) is 12.4 Å². The third-order valence-corrected chi connectivity index (χ3v) is 5.11. The van der Waals surface area contributed by atoms with Crippen LogP contribution in [0.15, 0.2) is 79.0 Å². The van der Waals surface area contributed by atoms with Crippen molar-refractivity contribution >= 4 is 12.0 Å². The van der Waals surface area contributed by atoms with Crippen molar-refractivity contribution < 1.29 is 9.53 Å². The maximum absolute atomic E-state index is 12.3. The Morgan fingerprint density at radius 1 is 1.03 bits per heavy atom. The highest BCUT2D eigenvalue weighted by atomic mass is 16.5. The summed E-state index contributed by atoms with van der Waals surface area (Å²) >= 11 is 0. The van der Waals surface area contributed by atoms with Gasteiger partial charge >= 0.3 is 0 Å². The van der Waals surface area contributed by atoms with Crippen molar-refractivity contribution in [2.24, 2.45) is 0 Å². The van der Waals surface area contributed by atoms with Crippen molar-refractivity contribution in [3.05, 3.63) is 101 Å². The molecular formula is C25H24N2O2. The van der Waals surface area contributed by atoms with Crippen molar-refractivity contribution in [1.82, 2.24) is 10.3 Å². The van der Waals surface area contributed by atoms with Crippen LogP contribution < -0.4 is 10.1 Å². The minimum atomic E-state index is -0.0511. The van der Waals surface area contributed by atoms with E-state index in [4.69, 9.17) is 4.74 Å². The summed E-state index contributed by atoms with van der Waals surface area (Å²) < 4.78 is 5.74. The minimum Gasteiger partial charge on any atom is -0.487 e. The first-order chi connectivity index (χ1) is 14.3. The van der Waals surface area contributed by atoms with Gasteiger partial charge in [0.05, 0.1) is 5.69 Å². The molecule has 1 unspecified atom stereocenters. The van der Waals surface area contributed by atoms with Crippen LogP contribution in [0.1, 0.15) is 28.8 Å². The van der Waals surface area contributed by atoms with Gasteiger partial charge in [0.15, 0.2) is 0 Å². The van der Waals surface area contributed by atoms with Crippen molar-refractivity contribution in [2.75, 3.05) is 0 Å². The van der Waals surface area contributed by atoms with Gasteiger partial charge in [-0.15, -0.1) is 0 Å². The molecule has 1 aromatic heterocycles. The Bertz CT molecular complexity index is 981. The second kappa shape index (κ2) is 9.20. The number of aryl methyl sites for hydroxylation is 1. The average Bonchev–Trinajstić information content (AvgIpc) is 2.77. The number of pyridine rings is 1. The Hall–Kier alpha value is -3.40. The fraction of sp³-hybridized carbons (Fsp3) is 0.200. The molecule has 1 aliphatic carbocycles. The first-order valence-corrected chi connectivity index (χ1v) is 9.94. The lowest BCUT2D eigenvalue weighted by molar-refractivity contribution is -0.117. The topological polar surface area (TPSA) is 51.2 Å². The number of ether oxygens (including phenoxy) is 1. The van der Waals surface area contributed by atoms with Crippen molar-refractivity contribution in [3.8, 4) is 5.75 Å². The van der Waals surface area contributed by atoms with Gasteiger partial charge in [-0.05, 0) is 66.3 Å². The first-order valence-electron chi connectivity index (χ1n) is 9.94. The van der Waals surface area contributed by atoms with Crippen molar-refractivity contribution in [1.29, 1.82) is 0 Å². The van der Waals surface area contributed by atoms with Gasteiger partial charge in [0, 0.05) is 18.3 Å². The molecule has 1 amide bonds.